The predicted molar refractivity (Wildman–Crippen MR) is 58.6 cm³/mol. The second kappa shape index (κ2) is 3.36. The molecule has 0 aromatic heterocycles. The topological polar surface area (TPSA) is 3.24 Å². The van der Waals surface area contributed by atoms with E-state index in [2.05, 4.69) is 46.1 Å². The van der Waals surface area contributed by atoms with Gasteiger partial charge in [0.15, 0.2) is 0 Å². The summed E-state index contributed by atoms with van der Waals surface area (Å²) in [5.74, 6) is 0.740. The molecular weight excluding hydrogens is 158 g/mol. The van der Waals surface area contributed by atoms with E-state index in [9.17, 15) is 0 Å². The van der Waals surface area contributed by atoms with Crippen molar-refractivity contribution >= 4 is 0 Å². The molecule has 0 radical (unpaired) electrons. The van der Waals surface area contributed by atoms with Crippen LogP contribution in [0.2, 0.25) is 0 Å². The molecule has 0 bridgehead atoms. The largest absolute Gasteiger partial charge is 0.367 e. The van der Waals surface area contributed by atoms with Crippen LogP contribution in [-0.2, 0) is 0 Å². The first-order valence-corrected chi connectivity index (χ1v) is 5.37. The van der Waals surface area contributed by atoms with Crippen molar-refractivity contribution in [3.05, 3.63) is 12.3 Å². The number of likely N-dealkylation sites (tertiary alicyclic amines) is 1. The minimum absolute atomic E-state index is 0.251. The molecule has 0 aromatic rings. The Balaban J connectivity index is 2.62. The maximum atomic E-state index is 4.18. The molecule has 0 aromatic carbocycles. The van der Waals surface area contributed by atoms with Crippen LogP contribution >= 0.6 is 0 Å². The Labute approximate surface area is 82.8 Å². The van der Waals surface area contributed by atoms with Gasteiger partial charge in [-0.3, -0.25) is 0 Å². The van der Waals surface area contributed by atoms with Crippen LogP contribution in [0.4, 0.5) is 0 Å². The fourth-order valence-corrected chi connectivity index (χ4v) is 2.58. The number of rotatable bonds is 2. The summed E-state index contributed by atoms with van der Waals surface area (Å²) in [6.07, 6.45) is 2.57. The molecule has 13 heavy (non-hydrogen) atoms. The van der Waals surface area contributed by atoms with E-state index in [0.717, 1.165) is 5.92 Å². The van der Waals surface area contributed by atoms with Crippen LogP contribution in [0, 0.1) is 5.92 Å². The fourth-order valence-electron chi connectivity index (χ4n) is 2.58. The van der Waals surface area contributed by atoms with Crippen molar-refractivity contribution in [2.75, 3.05) is 0 Å². The van der Waals surface area contributed by atoms with E-state index in [0.29, 0.717) is 6.04 Å². The zero-order chi connectivity index (χ0) is 10.2. The SMILES string of the molecule is C=C1C(CCC)C(C)N1C(C)(C)C. The van der Waals surface area contributed by atoms with Crippen molar-refractivity contribution in [3.8, 4) is 0 Å². The molecule has 0 aliphatic carbocycles. The quantitative estimate of drug-likeness (QED) is 0.631. The Kier molecular flexibility index (Phi) is 2.74. The molecule has 0 saturated carbocycles. The fraction of sp³-hybridized carbons (Fsp3) is 0.833. The summed E-state index contributed by atoms with van der Waals surface area (Å²) in [5, 5.41) is 0. The van der Waals surface area contributed by atoms with Crippen molar-refractivity contribution in [2.24, 2.45) is 5.92 Å². The van der Waals surface area contributed by atoms with Crippen LogP contribution in [0.5, 0.6) is 0 Å². The number of nitrogens with zero attached hydrogens (tertiary/aromatic N) is 1. The average molecular weight is 181 g/mol. The Morgan fingerprint density at radius 1 is 1.38 bits per heavy atom. The van der Waals surface area contributed by atoms with Crippen molar-refractivity contribution in [1.29, 1.82) is 0 Å². The van der Waals surface area contributed by atoms with Gasteiger partial charge in [0.2, 0.25) is 0 Å². The van der Waals surface area contributed by atoms with Gasteiger partial charge in [0, 0.05) is 23.2 Å². The Morgan fingerprint density at radius 3 is 2.23 bits per heavy atom. The molecule has 1 fully saturated rings. The predicted octanol–water partition coefficient (Wildman–Crippen LogP) is 3.42. The van der Waals surface area contributed by atoms with E-state index >= 15 is 0 Å². The monoisotopic (exact) mass is 181 g/mol. The Morgan fingerprint density at radius 2 is 1.92 bits per heavy atom. The van der Waals surface area contributed by atoms with Gasteiger partial charge in [-0.25, -0.2) is 0 Å². The molecule has 1 heteroatoms. The number of hydrogen-bond donors (Lipinski definition) is 0. The van der Waals surface area contributed by atoms with Crippen LogP contribution in [0.1, 0.15) is 47.5 Å². The van der Waals surface area contributed by atoms with Gasteiger partial charge in [-0.05, 0) is 34.1 Å². The van der Waals surface area contributed by atoms with E-state index in [4.69, 9.17) is 0 Å². The summed E-state index contributed by atoms with van der Waals surface area (Å²) in [6.45, 7) is 15.5. The van der Waals surface area contributed by atoms with Crippen molar-refractivity contribution < 1.29 is 0 Å². The molecule has 0 N–H and O–H groups in total. The maximum absolute atomic E-state index is 4.18. The molecule has 2 unspecified atom stereocenters. The zero-order valence-corrected chi connectivity index (χ0v) is 9.72. The Bertz CT molecular complexity index is 200. The Hall–Kier alpha value is -0.460. The highest BCUT2D eigenvalue weighted by molar-refractivity contribution is 5.18. The molecule has 1 nitrogen and oxygen atoms in total. The van der Waals surface area contributed by atoms with Crippen LogP contribution in [0.3, 0.4) is 0 Å². The summed E-state index contributed by atoms with van der Waals surface area (Å²) in [5.41, 5.74) is 1.60. The van der Waals surface area contributed by atoms with Gasteiger partial charge in [0.1, 0.15) is 0 Å². The summed E-state index contributed by atoms with van der Waals surface area (Å²) in [6, 6.07) is 0.687. The van der Waals surface area contributed by atoms with E-state index in [-0.39, 0.29) is 5.54 Å². The van der Waals surface area contributed by atoms with Gasteiger partial charge in [0.05, 0.1) is 0 Å². The van der Waals surface area contributed by atoms with Crippen molar-refractivity contribution in [2.45, 2.75) is 59.0 Å². The van der Waals surface area contributed by atoms with E-state index in [1.54, 1.807) is 0 Å². The third-order valence-corrected chi connectivity index (χ3v) is 3.05. The lowest BCUT2D eigenvalue weighted by Gasteiger charge is -2.57. The van der Waals surface area contributed by atoms with Gasteiger partial charge < -0.3 is 4.90 Å². The lowest BCUT2D eigenvalue weighted by Crippen LogP contribution is -2.59. The van der Waals surface area contributed by atoms with Gasteiger partial charge in [0.25, 0.3) is 0 Å². The summed E-state index contributed by atoms with van der Waals surface area (Å²) in [4.78, 5) is 2.45. The highest BCUT2D eigenvalue weighted by atomic mass is 15.3. The first-order chi connectivity index (χ1) is 5.89. The molecule has 1 aliphatic heterocycles. The molecule has 0 amide bonds. The minimum Gasteiger partial charge on any atom is -0.367 e. The first kappa shape index (κ1) is 10.6. The van der Waals surface area contributed by atoms with Crippen molar-refractivity contribution in [3.63, 3.8) is 0 Å². The summed E-state index contributed by atoms with van der Waals surface area (Å²) >= 11 is 0. The van der Waals surface area contributed by atoms with Crippen LogP contribution in [-0.4, -0.2) is 16.5 Å². The maximum Gasteiger partial charge on any atom is 0.0346 e. The molecule has 76 valence electrons. The normalized spacial score (nSPS) is 29.0. The zero-order valence-electron chi connectivity index (χ0n) is 9.72. The lowest BCUT2D eigenvalue weighted by molar-refractivity contribution is 0.0110. The van der Waals surface area contributed by atoms with Gasteiger partial charge in [-0.15, -0.1) is 0 Å². The smallest absolute Gasteiger partial charge is 0.0346 e. The van der Waals surface area contributed by atoms with Gasteiger partial charge >= 0.3 is 0 Å². The minimum atomic E-state index is 0.251. The van der Waals surface area contributed by atoms with Crippen LogP contribution in [0.25, 0.3) is 0 Å². The highest BCUT2D eigenvalue weighted by Crippen LogP contribution is 2.42. The second-order valence-corrected chi connectivity index (χ2v) is 5.17. The van der Waals surface area contributed by atoms with Gasteiger partial charge in [-0.2, -0.15) is 0 Å². The second-order valence-electron chi connectivity index (χ2n) is 5.17. The summed E-state index contributed by atoms with van der Waals surface area (Å²) in [7, 11) is 0. The lowest BCUT2D eigenvalue weighted by atomic mass is 9.79. The third kappa shape index (κ3) is 1.74. The van der Waals surface area contributed by atoms with E-state index in [1.807, 2.05) is 0 Å². The molecule has 1 heterocycles. The van der Waals surface area contributed by atoms with Crippen LogP contribution < -0.4 is 0 Å². The molecular formula is C12H23N. The van der Waals surface area contributed by atoms with E-state index < -0.39 is 0 Å². The number of hydrogen-bond acceptors (Lipinski definition) is 1. The van der Waals surface area contributed by atoms with Crippen molar-refractivity contribution in [1.82, 2.24) is 4.90 Å². The van der Waals surface area contributed by atoms with E-state index in [1.165, 1.54) is 18.5 Å². The third-order valence-electron chi connectivity index (χ3n) is 3.05. The molecule has 2 atom stereocenters. The first-order valence-electron chi connectivity index (χ1n) is 5.37. The summed E-state index contributed by atoms with van der Waals surface area (Å²) < 4.78 is 0. The molecule has 0 spiro atoms. The van der Waals surface area contributed by atoms with Crippen LogP contribution in [0.15, 0.2) is 12.3 Å². The molecule has 1 saturated heterocycles. The highest BCUT2D eigenvalue weighted by Gasteiger charge is 2.43. The standard InChI is InChI=1S/C12H23N/c1-7-8-11-9(2)13(10(11)3)12(4,5)6/h10-11H,2,7-8H2,1,3-6H3. The average Bonchev–Trinajstić information content (AvgIpc) is 1.98. The molecule has 1 aliphatic rings. The molecule has 1 rings (SSSR count). The van der Waals surface area contributed by atoms with Gasteiger partial charge in [-0.1, -0.05) is 19.9 Å².